The summed E-state index contributed by atoms with van der Waals surface area (Å²) in [5, 5.41) is 3.01. The second kappa shape index (κ2) is 6.60. The summed E-state index contributed by atoms with van der Waals surface area (Å²) in [5.41, 5.74) is 0.792. The average molecular weight is 261 g/mol. The molecule has 1 aliphatic carbocycles. The molecule has 0 atom stereocenters. The highest BCUT2D eigenvalue weighted by Gasteiger charge is 2.23. The number of carbonyl (C=O) groups is 1. The van der Waals surface area contributed by atoms with E-state index in [9.17, 15) is 4.79 Å². The van der Waals surface area contributed by atoms with Gasteiger partial charge in [0.2, 0.25) is 5.91 Å². The molecule has 104 valence electrons. The van der Waals surface area contributed by atoms with Gasteiger partial charge in [-0.05, 0) is 30.9 Å². The Morgan fingerprint density at radius 2 is 2.00 bits per heavy atom. The standard InChI is InChI=1S/C16H23NO2/c1-12(2)11-19-15-10-6-5-9-14(15)17-16(18)13-7-3-4-8-13/h5-6,9-10,12-13H,3-4,7-8,11H2,1-2H3,(H,17,18). The van der Waals surface area contributed by atoms with Crippen LogP contribution >= 0.6 is 0 Å². The minimum Gasteiger partial charge on any atom is -0.491 e. The van der Waals surface area contributed by atoms with E-state index in [0.29, 0.717) is 12.5 Å². The summed E-state index contributed by atoms with van der Waals surface area (Å²) in [5.74, 6) is 1.55. The maximum absolute atomic E-state index is 12.1. The number of hydrogen-bond acceptors (Lipinski definition) is 2. The molecule has 0 saturated heterocycles. The highest BCUT2D eigenvalue weighted by atomic mass is 16.5. The molecule has 0 spiro atoms. The van der Waals surface area contributed by atoms with E-state index in [1.807, 2.05) is 24.3 Å². The molecular weight excluding hydrogens is 238 g/mol. The molecule has 0 aromatic heterocycles. The zero-order valence-electron chi connectivity index (χ0n) is 11.8. The van der Waals surface area contributed by atoms with E-state index >= 15 is 0 Å². The molecule has 1 aromatic rings. The van der Waals surface area contributed by atoms with Crippen LogP contribution in [0.3, 0.4) is 0 Å². The van der Waals surface area contributed by atoms with Crippen molar-refractivity contribution in [1.29, 1.82) is 0 Å². The smallest absolute Gasteiger partial charge is 0.227 e. The van der Waals surface area contributed by atoms with Crippen molar-refractivity contribution in [3.63, 3.8) is 0 Å². The van der Waals surface area contributed by atoms with Gasteiger partial charge in [0.15, 0.2) is 0 Å². The Morgan fingerprint density at radius 1 is 1.32 bits per heavy atom. The summed E-state index contributed by atoms with van der Waals surface area (Å²) in [6, 6.07) is 7.67. The van der Waals surface area contributed by atoms with Crippen molar-refractivity contribution in [2.75, 3.05) is 11.9 Å². The Kier molecular flexibility index (Phi) is 4.83. The van der Waals surface area contributed by atoms with Gasteiger partial charge in [-0.1, -0.05) is 38.8 Å². The highest BCUT2D eigenvalue weighted by molar-refractivity contribution is 5.94. The van der Waals surface area contributed by atoms with E-state index < -0.39 is 0 Å². The van der Waals surface area contributed by atoms with Gasteiger partial charge in [0.1, 0.15) is 5.75 Å². The maximum atomic E-state index is 12.1. The lowest BCUT2D eigenvalue weighted by atomic mass is 10.1. The first-order valence-electron chi connectivity index (χ1n) is 7.19. The zero-order valence-corrected chi connectivity index (χ0v) is 11.8. The van der Waals surface area contributed by atoms with Crippen LogP contribution in [0.5, 0.6) is 5.75 Å². The van der Waals surface area contributed by atoms with Crippen LogP contribution in [0.15, 0.2) is 24.3 Å². The quantitative estimate of drug-likeness (QED) is 0.874. The highest BCUT2D eigenvalue weighted by Crippen LogP contribution is 2.29. The number of carbonyl (C=O) groups excluding carboxylic acids is 1. The largest absolute Gasteiger partial charge is 0.491 e. The van der Waals surface area contributed by atoms with Gasteiger partial charge in [-0.2, -0.15) is 0 Å². The third kappa shape index (κ3) is 3.98. The number of amides is 1. The van der Waals surface area contributed by atoms with E-state index in [2.05, 4.69) is 19.2 Å². The van der Waals surface area contributed by atoms with Gasteiger partial charge >= 0.3 is 0 Å². The van der Waals surface area contributed by atoms with E-state index in [1.165, 1.54) is 12.8 Å². The molecule has 0 unspecified atom stereocenters. The van der Waals surface area contributed by atoms with Crippen LogP contribution < -0.4 is 10.1 Å². The molecule has 19 heavy (non-hydrogen) atoms. The number of para-hydroxylation sites is 2. The fourth-order valence-electron chi connectivity index (χ4n) is 2.38. The lowest BCUT2D eigenvalue weighted by Gasteiger charge is -2.15. The molecule has 3 heteroatoms. The lowest BCUT2D eigenvalue weighted by Crippen LogP contribution is -2.20. The first-order chi connectivity index (χ1) is 9.16. The van der Waals surface area contributed by atoms with Crippen LogP contribution in [0.1, 0.15) is 39.5 Å². The predicted octanol–water partition coefficient (Wildman–Crippen LogP) is 3.85. The lowest BCUT2D eigenvalue weighted by molar-refractivity contribution is -0.119. The summed E-state index contributed by atoms with van der Waals surface area (Å²) in [6.45, 7) is 4.88. The second-order valence-electron chi connectivity index (χ2n) is 5.67. The van der Waals surface area contributed by atoms with Gasteiger partial charge in [-0.3, -0.25) is 4.79 Å². The Balaban J connectivity index is 2.00. The van der Waals surface area contributed by atoms with Gasteiger partial charge in [0.25, 0.3) is 0 Å². The Hall–Kier alpha value is -1.51. The summed E-state index contributed by atoms with van der Waals surface area (Å²) in [7, 11) is 0. The van der Waals surface area contributed by atoms with Crippen molar-refractivity contribution in [2.24, 2.45) is 11.8 Å². The van der Waals surface area contributed by atoms with Crippen LogP contribution in [0.4, 0.5) is 5.69 Å². The van der Waals surface area contributed by atoms with Crippen LogP contribution in [-0.4, -0.2) is 12.5 Å². The van der Waals surface area contributed by atoms with Crippen LogP contribution in [0.2, 0.25) is 0 Å². The number of ether oxygens (including phenoxy) is 1. The van der Waals surface area contributed by atoms with E-state index in [-0.39, 0.29) is 11.8 Å². The van der Waals surface area contributed by atoms with Gasteiger partial charge in [0.05, 0.1) is 12.3 Å². The molecule has 1 fully saturated rings. The second-order valence-corrected chi connectivity index (χ2v) is 5.67. The monoisotopic (exact) mass is 261 g/mol. The van der Waals surface area contributed by atoms with Crippen molar-refractivity contribution in [1.82, 2.24) is 0 Å². The van der Waals surface area contributed by atoms with Crippen LogP contribution in [0.25, 0.3) is 0 Å². The van der Waals surface area contributed by atoms with Crippen molar-refractivity contribution >= 4 is 11.6 Å². The van der Waals surface area contributed by atoms with Crippen LogP contribution in [-0.2, 0) is 4.79 Å². The van der Waals surface area contributed by atoms with E-state index in [0.717, 1.165) is 24.3 Å². The number of rotatable bonds is 5. The van der Waals surface area contributed by atoms with Gasteiger partial charge in [-0.25, -0.2) is 0 Å². The third-order valence-corrected chi connectivity index (χ3v) is 3.44. The molecule has 0 heterocycles. The van der Waals surface area contributed by atoms with E-state index in [4.69, 9.17) is 4.74 Å². The molecule has 1 amide bonds. The summed E-state index contributed by atoms with van der Waals surface area (Å²) in [4.78, 5) is 12.1. The molecular formula is C16H23NO2. The van der Waals surface area contributed by atoms with Crippen molar-refractivity contribution in [3.8, 4) is 5.75 Å². The molecule has 0 bridgehead atoms. The Bertz CT molecular complexity index is 423. The number of anilines is 1. The molecule has 3 nitrogen and oxygen atoms in total. The molecule has 1 N–H and O–H groups in total. The molecule has 1 aliphatic rings. The third-order valence-electron chi connectivity index (χ3n) is 3.44. The van der Waals surface area contributed by atoms with Crippen molar-refractivity contribution in [3.05, 3.63) is 24.3 Å². The topological polar surface area (TPSA) is 38.3 Å². The molecule has 1 aromatic carbocycles. The molecule has 0 aliphatic heterocycles. The SMILES string of the molecule is CC(C)COc1ccccc1NC(=O)C1CCCC1. The van der Waals surface area contributed by atoms with Crippen LogP contribution in [0, 0.1) is 11.8 Å². The molecule has 0 radical (unpaired) electrons. The van der Waals surface area contributed by atoms with Gasteiger partial charge in [-0.15, -0.1) is 0 Å². The Labute approximate surface area is 115 Å². The summed E-state index contributed by atoms with van der Waals surface area (Å²) < 4.78 is 5.75. The number of hydrogen-bond donors (Lipinski definition) is 1. The van der Waals surface area contributed by atoms with Gasteiger partial charge < -0.3 is 10.1 Å². The molecule has 1 saturated carbocycles. The maximum Gasteiger partial charge on any atom is 0.227 e. The first kappa shape index (κ1) is 13.9. The number of nitrogens with one attached hydrogen (secondary N) is 1. The van der Waals surface area contributed by atoms with Crippen molar-refractivity contribution in [2.45, 2.75) is 39.5 Å². The predicted molar refractivity (Wildman–Crippen MR) is 77.4 cm³/mol. The zero-order chi connectivity index (χ0) is 13.7. The molecule has 2 rings (SSSR count). The first-order valence-corrected chi connectivity index (χ1v) is 7.19. The summed E-state index contributed by atoms with van der Waals surface area (Å²) in [6.07, 6.45) is 4.37. The van der Waals surface area contributed by atoms with Gasteiger partial charge in [0, 0.05) is 5.92 Å². The Morgan fingerprint density at radius 3 is 2.68 bits per heavy atom. The minimum atomic E-state index is 0.137. The fraction of sp³-hybridized carbons (Fsp3) is 0.562. The average Bonchev–Trinajstić information content (AvgIpc) is 2.91. The summed E-state index contributed by atoms with van der Waals surface area (Å²) >= 11 is 0. The number of benzene rings is 1. The van der Waals surface area contributed by atoms with Crippen molar-refractivity contribution < 1.29 is 9.53 Å². The normalized spacial score (nSPS) is 15.7. The fourth-order valence-corrected chi connectivity index (χ4v) is 2.38. The minimum absolute atomic E-state index is 0.137. The van der Waals surface area contributed by atoms with E-state index in [1.54, 1.807) is 0 Å².